The molecule has 1 aromatic heterocycles. The highest BCUT2D eigenvalue weighted by Crippen LogP contribution is 2.37. The van der Waals surface area contributed by atoms with Gasteiger partial charge >= 0.3 is 0 Å². The van der Waals surface area contributed by atoms with Crippen molar-refractivity contribution in [2.45, 2.75) is 6.92 Å². The summed E-state index contributed by atoms with van der Waals surface area (Å²) in [5, 5.41) is 0. The minimum atomic E-state index is 0.0412. The molecule has 1 aromatic carbocycles. The minimum absolute atomic E-state index is 0.0412. The van der Waals surface area contributed by atoms with Crippen LogP contribution in [0.15, 0.2) is 30.5 Å². The van der Waals surface area contributed by atoms with Crippen molar-refractivity contribution in [3.63, 3.8) is 0 Å². The Morgan fingerprint density at radius 2 is 2.00 bits per heavy atom. The molecule has 0 amide bonds. The number of hydrogen-bond donors (Lipinski definition) is 0. The summed E-state index contributed by atoms with van der Waals surface area (Å²) in [4.78, 5) is 16.6. The van der Waals surface area contributed by atoms with Gasteiger partial charge in [0, 0.05) is 17.3 Å². The molecule has 0 atom stereocenters. The molecule has 0 saturated heterocycles. The summed E-state index contributed by atoms with van der Waals surface area (Å²) >= 11 is 0. The first-order valence-electron chi connectivity index (χ1n) is 5.41. The summed E-state index contributed by atoms with van der Waals surface area (Å²) in [5.41, 5.74) is 4.05. The van der Waals surface area contributed by atoms with Crippen molar-refractivity contribution in [2.75, 3.05) is 7.11 Å². The van der Waals surface area contributed by atoms with E-state index >= 15 is 0 Å². The number of carbonyl (C=O) groups is 1. The van der Waals surface area contributed by atoms with E-state index in [1.807, 2.05) is 25.1 Å². The molecule has 0 unspecified atom stereocenters. The number of aryl methyl sites for hydroxylation is 1. The molecule has 3 heteroatoms. The first kappa shape index (κ1) is 10.0. The number of ether oxygens (including phenoxy) is 1. The Morgan fingerprint density at radius 1 is 1.18 bits per heavy atom. The molecule has 1 heterocycles. The normalized spacial score (nSPS) is 12.2. The first-order chi connectivity index (χ1) is 8.22. The van der Waals surface area contributed by atoms with Crippen LogP contribution in [0.1, 0.15) is 21.5 Å². The Kier molecular flexibility index (Phi) is 2.01. The monoisotopic (exact) mass is 225 g/mol. The van der Waals surface area contributed by atoms with Crippen LogP contribution in [0.2, 0.25) is 0 Å². The minimum Gasteiger partial charge on any atom is -0.497 e. The molecule has 0 bridgehead atoms. The number of fused-ring (bicyclic) bond motifs is 3. The molecule has 3 rings (SSSR count). The van der Waals surface area contributed by atoms with E-state index in [1.165, 1.54) is 0 Å². The van der Waals surface area contributed by atoms with E-state index in [4.69, 9.17) is 4.74 Å². The number of nitrogens with zero attached hydrogens (tertiary/aromatic N) is 1. The van der Waals surface area contributed by atoms with Crippen LogP contribution in [0.5, 0.6) is 5.75 Å². The van der Waals surface area contributed by atoms with Crippen molar-refractivity contribution in [3.8, 4) is 17.0 Å². The Hall–Kier alpha value is -2.16. The molecule has 17 heavy (non-hydrogen) atoms. The zero-order valence-corrected chi connectivity index (χ0v) is 9.65. The Balaban J connectivity index is 2.31. The van der Waals surface area contributed by atoms with Crippen molar-refractivity contribution in [3.05, 3.63) is 47.2 Å². The lowest BCUT2D eigenvalue weighted by Crippen LogP contribution is -1.98. The molecule has 3 nitrogen and oxygen atoms in total. The number of benzene rings is 1. The van der Waals surface area contributed by atoms with E-state index in [0.717, 1.165) is 22.4 Å². The number of methoxy groups -OCH3 is 1. The topological polar surface area (TPSA) is 39.2 Å². The van der Waals surface area contributed by atoms with E-state index in [-0.39, 0.29) is 5.78 Å². The Bertz CT molecular complexity index is 632. The molecule has 0 radical (unpaired) electrons. The molecule has 1 aliphatic carbocycles. The lowest BCUT2D eigenvalue weighted by atomic mass is 10.1. The first-order valence-corrected chi connectivity index (χ1v) is 5.41. The van der Waals surface area contributed by atoms with Crippen LogP contribution in [0, 0.1) is 6.92 Å². The maximum Gasteiger partial charge on any atom is 0.196 e. The van der Waals surface area contributed by atoms with Crippen LogP contribution >= 0.6 is 0 Å². The number of hydrogen-bond acceptors (Lipinski definition) is 3. The third kappa shape index (κ3) is 1.29. The molecule has 1 aliphatic rings. The lowest BCUT2D eigenvalue weighted by Gasteiger charge is -2.02. The third-order valence-electron chi connectivity index (χ3n) is 3.11. The van der Waals surface area contributed by atoms with Crippen molar-refractivity contribution in [1.82, 2.24) is 4.98 Å². The fraction of sp³-hybridized carbons (Fsp3) is 0.143. The van der Waals surface area contributed by atoms with Crippen LogP contribution in [0.4, 0.5) is 0 Å². The second kappa shape index (κ2) is 3.42. The fourth-order valence-corrected chi connectivity index (χ4v) is 2.23. The zero-order chi connectivity index (χ0) is 12.0. The van der Waals surface area contributed by atoms with Crippen molar-refractivity contribution in [1.29, 1.82) is 0 Å². The summed E-state index contributed by atoms with van der Waals surface area (Å²) < 4.78 is 5.14. The Morgan fingerprint density at radius 3 is 2.76 bits per heavy atom. The molecule has 0 N–H and O–H groups in total. The van der Waals surface area contributed by atoms with Crippen molar-refractivity contribution < 1.29 is 9.53 Å². The van der Waals surface area contributed by atoms with Gasteiger partial charge in [-0.25, -0.2) is 0 Å². The molecule has 0 aliphatic heterocycles. The predicted octanol–water partition coefficient (Wildman–Crippen LogP) is 2.61. The maximum absolute atomic E-state index is 12.3. The standard InChI is InChI=1S/C14H11NO2/c1-8-5-6-15-13-10-4-3-9(17-2)7-11(10)14(16)12(8)13/h3-7H,1-2H3. The molecule has 84 valence electrons. The van der Waals surface area contributed by atoms with Crippen LogP contribution in [0.25, 0.3) is 11.3 Å². The molecule has 2 aromatic rings. The summed E-state index contributed by atoms with van der Waals surface area (Å²) in [5.74, 6) is 0.738. The highest BCUT2D eigenvalue weighted by Gasteiger charge is 2.29. The van der Waals surface area contributed by atoms with Gasteiger partial charge in [-0.2, -0.15) is 0 Å². The third-order valence-corrected chi connectivity index (χ3v) is 3.11. The van der Waals surface area contributed by atoms with Gasteiger partial charge in [-0.3, -0.25) is 9.78 Å². The Labute approximate surface area is 99.1 Å². The number of rotatable bonds is 1. The lowest BCUT2D eigenvalue weighted by molar-refractivity contribution is 0.104. The highest BCUT2D eigenvalue weighted by molar-refractivity contribution is 6.21. The van der Waals surface area contributed by atoms with Gasteiger partial charge < -0.3 is 4.74 Å². The van der Waals surface area contributed by atoms with Gasteiger partial charge in [0.1, 0.15) is 5.75 Å². The van der Waals surface area contributed by atoms with Gasteiger partial charge in [0.15, 0.2) is 5.78 Å². The van der Waals surface area contributed by atoms with Crippen LogP contribution < -0.4 is 4.74 Å². The van der Waals surface area contributed by atoms with Gasteiger partial charge in [0.05, 0.1) is 18.4 Å². The van der Waals surface area contributed by atoms with Gasteiger partial charge in [-0.15, -0.1) is 0 Å². The van der Waals surface area contributed by atoms with Crippen LogP contribution in [-0.2, 0) is 0 Å². The average molecular weight is 225 g/mol. The van der Waals surface area contributed by atoms with Crippen LogP contribution in [-0.4, -0.2) is 17.9 Å². The molecular weight excluding hydrogens is 214 g/mol. The van der Waals surface area contributed by atoms with Gasteiger partial charge in [-0.05, 0) is 36.8 Å². The van der Waals surface area contributed by atoms with E-state index in [9.17, 15) is 4.79 Å². The average Bonchev–Trinajstić information content (AvgIpc) is 2.64. The van der Waals surface area contributed by atoms with Gasteiger partial charge in [0.2, 0.25) is 0 Å². The zero-order valence-electron chi connectivity index (χ0n) is 9.65. The largest absolute Gasteiger partial charge is 0.497 e. The number of carbonyl (C=O) groups excluding carboxylic acids is 1. The predicted molar refractivity (Wildman–Crippen MR) is 64.4 cm³/mol. The smallest absolute Gasteiger partial charge is 0.196 e. The second-order valence-electron chi connectivity index (χ2n) is 4.09. The number of ketones is 1. The van der Waals surface area contributed by atoms with E-state index in [2.05, 4.69) is 4.98 Å². The fourth-order valence-electron chi connectivity index (χ4n) is 2.23. The second-order valence-corrected chi connectivity index (χ2v) is 4.09. The van der Waals surface area contributed by atoms with E-state index in [0.29, 0.717) is 11.3 Å². The number of pyridine rings is 1. The summed E-state index contributed by atoms with van der Waals surface area (Å²) in [6.45, 7) is 1.93. The van der Waals surface area contributed by atoms with Crippen molar-refractivity contribution in [2.24, 2.45) is 0 Å². The SMILES string of the molecule is COc1ccc2c(c1)C(=O)c1c(C)ccnc1-2. The summed E-state index contributed by atoms with van der Waals surface area (Å²) in [7, 11) is 1.60. The number of aromatic nitrogens is 1. The molecule has 0 fully saturated rings. The van der Waals surface area contributed by atoms with Crippen molar-refractivity contribution >= 4 is 5.78 Å². The quantitative estimate of drug-likeness (QED) is 0.639. The van der Waals surface area contributed by atoms with Gasteiger partial charge in [-0.1, -0.05) is 0 Å². The molecular formula is C14H11NO2. The van der Waals surface area contributed by atoms with Gasteiger partial charge in [0.25, 0.3) is 0 Å². The van der Waals surface area contributed by atoms with E-state index < -0.39 is 0 Å². The van der Waals surface area contributed by atoms with Crippen LogP contribution in [0.3, 0.4) is 0 Å². The van der Waals surface area contributed by atoms with E-state index in [1.54, 1.807) is 19.4 Å². The summed E-state index contributed by atoms with van der Waals surface area (Å²) in [6, 6.07) is 7.38. The summed E-state index contributed by atoms with van der Waals surface area (Å²) in [6.07, 6.45) is 1.74. The highest BCUT2D eigenvalue weighted by atomic mass is 16.5. The molecule has 0 spiro atoms. The molecule has 0 saturated carbocycles. The maximum atomic E-state index is 12.3.